The molecule has 0 unspecified atom stereocenters. The molecule has 56 heavy (non-hydrogen) atoms. The van der Waals surface area contributed by atoms with Crippen LogP contribution in [0.25, 0.3) is 100 Å². The SMILES string of the molecule is c1ccc(-n2c(-c3ccc(-c4ccc(-c5nccc6c7ccccc7n(-c7ccccc7)c56)cc4)cc3)nc3c4ccccc4nc(-c4ccccn4)c32)cc1. The van der Waals surface area contributed by atoms with Crippen LogP contribution in [0.15, 0.2) is 194 Å². The van der Waals surface area contributed by atoms with E-state index in [1.165, 1.54) is 10.8 Å². The Bertz CT molecular complexity index is 3200. The van der Waals surface area contributed by atoms with Crippen LogP contribution in [0.1, 0.15) is 0 Å². The minimum atomic E-state index is 0.799. The highest BCUT2D eigenvalue weighted by Crippen LogP contribution is 2.39. The largest absolute Gasteiger partial charge is 0.307 e. The van der Waals surface area contributed by atoms with Crippen molar-refractivity contribution in [2.45, 2.75) is 0 Å². The number of fused-ring (bicyclic) bond motifs is 6. The summed E-state index contributed by atoms with van der Waals surface area (Å²) in [7, 11) is 0. The van der Waals surface area contributed by atoms with E-state index >= 15 is 0 Å². The molecule has 0 fully saturated rings. The van der Waals surface area contributed by atoms with Crippen molar-refractivity contribution in [3.05, 3.63) is 194 Å². The first-order chi connectivity index (χ1) is 27.8. The number of hydrogen-bond acceptors (Lipinski definition) is 4. The van der Waals surface area contributed by atoms with Crippen molar-refractivity contribution in [2.24, 2.45) is 0 Å². The summed E-state index contributed by atoms with van der Waals surface area (Å²) in [5, 5.41) is 3.40. The van der Waals surface area contributed by atoms with E-state index in [0.29, 0.717) is 0 Å². The number of nitrogens with zero attached hydrogens (tertiary/aromatic N) is 6. The molecule has 0 saturated carbocycles. The van der Waals surface area contributed by atoms with Gasteiger partial charge in [0, 0.05) is 51.1 Å². The van der Waals surface area contributed by atoms with Crippen molar-refractivity contribution in [1.29, 1.82) is 0 Å². The van der Waals surface area contributed by atoms with Gasteiger partial charge in [-0.25, -0.2) is 9.97 Å². The normalized spacial score (nSPS) is 11.6. The van der Waals surface area contributed by atoms with E-state index in [2.05, 4.69) is 149 Å². The molecule has 6 nitrogen and oxygen atoms in total. The predicted molar refractivity (Wildman–Crippen MR) is 228 cm³/mol. The van der Waals surface area contributed by atoms with Crippen molar-refractivity contribution < 1.29 is 0 Å². The number of rotatable bonds is 6. The summed E-state index contributed by atoms with van der Waals surface area (Å²) in [6, 6.07) is 63.2. The summed E-state index contributed by atoms with van der Waals surface area (Å²) in [5.74, 6) is 0.844. The van der Waals surface area contributed by atoms with Gasteiger partial charge in [-0.15, -0.1) is 0 Å². The first kappa shape index (κ1) is 31.8. The van der Waals surface area contributed by atoms with Gasteiger partial charge in [0.25, 0.3) is 0 Å². The summed E-state index contributed by atoms with van der Waals surface area (Å²) < 4.78 is 4.56. The molecule has 11 rings (SSSR count). The minimum absolute atomic E-state index is 0.799. The van der Waals surface area contributed by atoms with Crippen LogP contribution >= 0.6 is 0 Å². The predicted octanol–water partition coefficient (Wildman–Crippen LogP) is 12.1. The fourth-order valence-corrected chi connectivity index (χ4v) is 8.08. The van der Waals surface area contributed by atoms with Gasteiger partial charge in [0.2, 0.25) is 0 Å². The molecule has 262 valence electrons. The lowest BCUT2D eigenvalue weighted by atomic mass is 10.0. The number of imidazole rings is 1. The Kier molecular flexibility index (Phi) is 7.38. The summed E-state index contributed by atoms with van der Waals surface area (Å²) in [6.45, 7) is 0. The monoisotopic (exact) mass is 716 g/mol. The number of hydrogen-bond donors (Lipinski definition) is 0. The zero-order valence-corrected chi connectivity index (χ0v) is 30.2. The van der Waals surface area contributed by atoms with Gasteiger partial charge < -0.3 is 4.57 Å². The molecule has 0 radical (unpaired) electrons. The number of aromatic nitrogens is 6. The van der Waals surface area contributed by atoms with Gasteiger partial charge in [0.15, 0.2) is 0 Å². The molecule has 0 aliphatic heterocycles. The first-order valence-corrected chi connectivity index (χ1v) is 18.7. The van der Waals surface area contributed by atoms with E-state index < -0.39 is 0 Å². The van der Waals surface area contributed by atoms with Gasteiger partial charge in [-0.05, 0) is 65.7 Å². The third-order valence-electron chi connectivity index (χ3n) is 10.6. The molecule has 0 N–H and O–H groups in total. The highest BCUT2D eigenvalue weighted by molar-refractivity contribution is 6.13. The van der Waals surface area contributed by atoms with Crippen molar-refractivity contribution in [2.75, 3.05) is 0 Å². The van der Waals surface area contributed by atoms with Gasteiger partial charge in [0.05, 0.1) is 27.9 Å². The van der Waals surface area contributed by atoms with Crippen LogP contribution in [0.5, 0.6) is 0 Å². The second kappa shape index (κ2) is 13.0. The highest BCUT2D eigenvalue weighted by atomic mass is 15.1. The molecular weight excluding hydrogens is 685 g/mol. The molecule has 6 aromatic carbocycles. The number of pyridine rings is 3. The molecule has 0 spiro atoms. The topological polar surface area (TPSA) is 61.4 Å². The van der Waals surface area contributed by atoms with Gasteiger partial charge in [-0.1, -0.05) is 127 Å². The van der Waals surface area contributed by atoms with Crippen LogP contribution in [-0.4, -0.2) is 29.1 Å². The lowest BCUT2D eigenvalue weighted by molar-refractivity contribution is 1.10. The summed E-state index contributed by atoms with van der Waals surface area (Å²) >= 11 is 0. The lowest BCUT2D eigenvalue weighted by Crippen LogP contribution is -2.00. The second-order valence-electron chi connectivity index (χ2n) is 13.9. The average molecular weight is 717 g/mol. The van der Waals surface area contributed by atoms with Gasteiger partial charge in [-0.2, -0.15) is 0 Å². The summed E-state index contributed by atoms with van der Waals surface area (Å²) in [4.78, 5) is 20.2. The third kappa shape index (κ3) is 5.11. The van der Waals surface area contributed by atoms with Crippen LogP contribution in [0, 0.1) is 0 Å². The van der Waals surface area contributed by atoms with Crippen LogP contribution in [0.3, 0.4) is 0 Å². The first-order valence-electron chi connectivity index (χ1n) is 18.7. The smallest absolute Gasteiger partial charge is 0.145 e. The Morgan fingerprint density at radius 3 is 1.68 bits per heavy atom. The third-order valence-corrected chi connectivity index (χ3v) is 10.6. The molecule has 0 aliphatic carbocycles. The van der Waals surface area contributed by atoms with Crippen LogP contribution in [0.4, 0.5) is 0 Å². The standard InChI is InChI=1S/C50H32N6/c1-3-13-37(14-4-1)55-44-21-10-8-17-39(44)40-30-32-52-45(48(40)55)35-26-22-33(23-27-35)34-24-28-36(29-25-34)50-54-46-41-18-7-9-19-42(41)53-47(43-20-11-12-31-51-43)49(46)56(50)38-15-5-2-6-16-38/h1-32H. The van der Waals surface area contributed by atoms with Crippen molar-refractivity contribution in [3.8, 4) is 56.5 Å². The molecule has 0 atom stereocenters. The van der Waals surface area contributed by atoms with Crippen LogP contribution in [-0.2, 0) is 0 Å². The van der Waals surface area contributed by atoms with Gasteiger partial charge in [0.1, 0.15) is 22.6 Å². The Labute approximate surface area is 322 Å². The van der Waals surface area contributed by atoms with E-state index in [9.17, 15) is 0 Å². The van der Waals surface area contributed by atoms with Crippen molar-refractivity contribution >= 4 is 43.7 Å². The molecule has 6 heteroatoms. The highest BCUT2D eigenvalue weighted by Gasteiger charge is 2.23. The van der Waals surface area contributed by atoms with E-state index in [1.54, 1.807) is 0 Å². The molecular formula is C50H32N6. The number of benzene rings is 6. The van der Waals surface area contributed by atoms with Gasteiger partial charge in [-0.3, -0.25) is 14.5 Å². The second-order valence-corrected chi connectivity index (χ2v) is 13.9. The molecule has 0 saturated heterocycles. The average Bonchev–Trinajstić information content (AvgIpc) is 3.85. The quantitative estimate of drug-likeness (QED) is 0.172. The zero-order chi connectivity index (χ0) is 37.0. The maximum absolute atomic E-state index is 5.38. The molecule has 0 bridgehead atoms. The molecule has 0 aliphatic rings. The van der Waals surface area contributed by atoms with Crippen molar-refractivity contribution in [3.63, 3.8) is 0 Å². The summed E-state index contributed by atoms with van der Waals surface area (Å²) in [5.41, 5.74) is 14.0. The molecule has 0 amide bonds. The molecule has 5 heterocycles. The number of para-hydroxylation sites is 4. The van der Waals surface area contributed by atoms with E-state index in [1.807, 2.05) is 54.9 Å². The van der Waals surface area contributed by atoms with Crippen molar-refractivity contribution in [1.82, 2.24) is 29.1 Å². The molecule has 5 aromatic heterocycles. The summed E-state index contributed by atoms with van der Waals surface area (Å²) in [6.07, 6.45) is 3.74. The maximum Gasteiger partial charge on any atom is 0.145 e. The van der Waals surface area contributed by atoms with E-state index in [4.69, 9.17) is 19.9 Å². The Morgan fingerprint density at radius 2 is 0.964 bits per heavy atom. The fraction of sp³-hybridized carbons (Fsp3) is 0. The Morgan fingerprint density at radius 1 is 0.357 bits per heavy atom. The van der Waals surface area contributed by atoms with Crippen LogP contribution < -0.4 is 0 Å². The van der Waals surface area contributed by atoms with Crippen LogP contribution in [0.2, 0.25) is 0 Å². The fourth-order valence-electron chi connectivity index (χ4n) is 8.08. The Hall–Kier alpha value is -7.70. The maximum atomic E-state index is 5.38. The van der Waals surface area contributed by atoms with Gasteiger partial charge >= 0.3 is 0 Å². The van der Waals surface area contributed by atoms with E-state index in [0.717, 1.165) is 89.5 Å². The molecule has 11 aromatic rings. The van der Waals surface area contributed by atoms with E-state index in [-0.39, 0.29) is 0 Å². The Balaban J connectivity index is 1.02. The minimum Gasteiger partial charge on any atom is -0.307 e. The lowest BCUT2D eigenvalue weighted by Gasteiger charge is -2.13. The zero-order valence-electron chi connectivity index (χ0n) is 30.2.